The van der Waals surface area contributed by atoms with Crippen LogP contribution >= 0.6 is 0 Å². The van der Waals surface area contributed by atoms with Crippen molar-refractivity contribution in [2.75, 3.05) is 5.73 Å². The average Bonchev–Trinajstić information content (AvgIpc) is 2.98. The van der Waals surface area contributed by atoms with E-state index in [-0.39, 0.29) is 29.4 Å². The Morgan fingerprint density at radius 2 is 1.77 bits per heavy atom. The number of rotatable bonds is 5. The van der Waals surface area contributed by atoms with E-state index in [1.54, 1.807) is 19.9 Å². The summed E-state index contributed by atoms with van der Waals surface area (Å²) in [5.41, 5.74) is 8.12. The number of benzene rings is 2. The van der Waals surface area contributed by atoms with E-state index in [4.69, 9.17) is 16.0 Å². The Morgan fingerprint density at radius 1 is 1.13 bits per heavy atom. The van der Waals surface area contributed by atoms with Gasteiger partial charge in [-0.3, -0.25) is 9.80 Å². The number of oxazole rings is 1. The summed E-state index contributed by atoms with van der Waals surface area (Å²) >= 11 is 0. The zero-order chi connectivity index (χ0) is 22.1. The number of hydrazine groups is 1. The Hall–Kier alpha value is -3.53. The van der Waals surface area contributed by atoms with Gasteiger partial charge in [0.2, 0.25) is 5.89 Å². The molecule has 0 aliphatic heterocycles. The van der Waals surface area contributed by atoms with E-state index in [2.05, 4.69) is 9.72 Å². The predicted octanol–water partition coefficient (Wildman–Crippen LogP) is 3.96. The van der Waals surface area contributed by atoms with E-state index in [0.29, 0.717) is 22.6 Å². The fraction of sp³-hybridized carbons (Fsp3) is 0.200. The second-order valence-corrected chi connectivity index (χ2v) is 6.56. The number of ether oxygens (including phenoxy) is 1. The molecule has 0 aliphatic rings. The van der Waals surface area contributed by atoms with Crippen molar-refractivity contribution >= 4 is 11.6 Å². The van der Waals surface area contributed by atoms with Gasteiger partial charge >= 0.3 is 6.36 Å². The van der Waals surface area contributed by atoms with E-state index in [9.17, 15) is 18.0 Å². The molecule has 0 saturated carbocycles. The van der Waals surface area contributed by atoms with Crippen LogP contribution in [0.15, 0.2) is 46.9 Å². The maximum absolute atomic E-state index is 12.8. The molecule has 1 aromatic heterocycles. The van der Waals surface area contributed by atoms with Crippen molar-refractivity contribution < 1.29 is 27.1 Å². The Balaban J connectivity index is 1.81. The van der Waals surface area contributed by atoms with Gasteiger partial charge in [-0.05, 0) is 49.2 Å². The summed E-state index contributed by atoms with van der Waals surface area (Å²) in [7, 11) is 0. The first-order valence-corrected chi connectivity index (χ1v) is 8.78. The second-order valence-electron chi connectivity index (χ2n) is 6.56. The number of alkyl halides is 3. The molecule has 3 aromatic rings. The Kier molecular flexibility index (Phi) is 5.70. The molecule has 0 radical (unpaired) electrons. The minimum absolute atomic E-state index is 0.0549. The number of nitrogen functional groups attached to an aromatic ring is 1. The first-order chi connectivity index (χ1) is 14.0. The fourth-order valence-corrected chi connectivity index (χ4v) is 2.75. The predicted molar refractivity (Wildman–Crippen MR) is 103 cm³/mol. The molecule has 0 atom stereocenters. The van der Waals surface area contributed by atoms with Crippen LogP contribution in [0.3, 0.4) is 0 Å². The average molecular weight is 420 g/mol. The summed E-state index contributed by atoms with van der Waals surface area (Å²) in [6, 6.07) is 9.94. The van der Waals surface area contributed by atoms with E-state index in [1.807, 2.05) is 0 Å². The fourth-order valence-electron chi connectivity index (χ4n) is 2.75. The highest BCUT2D eigenvalue weighted by Crippen LogP contribution is 2.28. The molecule has 1 heterocycles. The van der Waals surface area contributed by atoms with Crippen molar-refractivity contribution in [2.45, 2.75) is 26.8 Å². The van der Waals surface area contributed by atoms with Crippen molar-refractivity contribution in [3.63, 3.8) is 0 Å². The topological polar surface area (TPSA) is 108 Å². The van der Waals surface area contributed by atoms with Crippen LogP contribution in [-0.4, -0.2) is 22.3 Å². The largest absolute Gasteiger partial charge is 0.573 e. The van der Waals surface area contributed by atoms with Gasteiger partial charge in [-0.2, -0.15) is 0 Å². The molecule has 1 amide bonds. The van der Waals surface area contributed by atoms with E-state index < -0.39 is 12.3 Å². The normalized spacial score (nSPS) is 11.4. The van der Waals surface area contributed by atoms with Crippen molar-refractivity contribution in [1.29, 1.82) is 0 Å². The van der Waals surface area contributed by atoms with Crippen LogP contribution in [0.2, 0.25) is 0 Å². The minimum Gasteiger partial charge on any atom is -0.444 e. The maximum atomic E-state index is 12.8. The Labute approximate surface area is 170 Å². The monoisotopic (exact) mass is 420 g/mol. The van der Waals surface area contributed by atoms with Gasteiger partial charge in [0.1, 0.15) is 18.1 Å². The number of halogens is 3. The zero-order valence-electron chi connectivity index (χ0n) is 16.2. The van der Waals surface area contributed by atoms with Crippen molar-refractivity contribution in [3.8, 4) is 16.9 Å². The summed E-state index contributed by atoms with van der Waals surface area (Å²) in [5, 5.41) is 0.931. The molecule has 10 heteroatoms. The second kappa shape index (κ2) is 8.07. The molecule has 0 bridgehead atoms. The SMILES string of the molecule is Cc1nc(CN(N)C(=O)c2cc(-c3ccc(OC(F)(F)F)cc3)ccc2N)oc1C. The summed E-state index contributed by atoms with van der Waals surface area (Å²) < 4.78 is 46.2. The first-order valence-electron chi connectivity index (χ1n) is 8.78. The summed E-state index contributed by atoms with van der Waals surface area (Å²) in [5.74, 6) is 5.90. The highest BCUT2D eigenvalue weighted by Gasteiger charge is 2.31. The molecule has 3 rings (SSSR count). The molecule has 0 aliphatic carbocycles. The quantitative estimate of drug-likeness (QED) is 0.280. The van der Waals surface area contributed by atoms with Gasteiger partial charge in [-0.1, -0.05) is 18.2 Å². The summed E-state index contributed by atoms with van der Waals surface area (Å²) in [4.78, 5) is 16.9. The van der Waals surface area contributed by atoms with Crippen LogP contribution < -0.4 is 16.3 Å². The van der Waals surface area contributed by atoms with Crippen LogP contribution in [0.4, 0.5) is 18.9 Å². The first kappa shape index (κ1) is 21.2. The smallest absolute Gasteiger partial charge is 0.444 e. The highest BCUT2D eigenvalue weighted by atomic mass is 19.4. The standard InChI is InChI=1S/C20H19F3N4O3/c1-11-12(2)29-18(26-11)10-27(25)19(28)16-9-14(5-8-17(16)24)13-3-6-15(7-4-13)30-20(21,22)23/h3-9H,10,24-25H2,1-2H3. The molecule has 4 N–H and O–H groups in total. The lowest BCUT2D eigenvalue weighted by molar-refractivity contribution is -0.274. The molecule has 0 unspecified atom stereocenters. The molecule has 0 spiro atoms. The molecule has 30 heavy (non-hydrogen) atoms. The number of aryl methyl sites for hydroxylation is 2. The lowest BCUT2D eigenvalue weighted by atomic mass is 10.0. The van der Waals surface area contributed by atoms with E-state index in [0.717, 1.165) is 5.01 Å². The molecule has 158 valence electrons. The number of nitrogens with two attached hydrogens (primary N) is 2. The summed E-state index contributed by atoms with van der Waals surface area (Å²) in [6.45, 7) is 3.47. The zero-order valence-corrected chi connectivity index (χ0v) is 16.2. The molecule has 7 nitrogen and oxygen atoms in total. The van der Waals surface area contributed by atoms with Gasteiger partial charge in [-0.25, -0.2) is 10.8 Å². The third-order valence-electron chi connectivity index (χ3n) is 4.34. The minimum atomic E-state index is -4.77. The number of carbonyl (C=O) groups is 1. The number of hydrogen-bond acceptors (Lipinski definition) is 6. The maximum Gasteiger partial charge on any atom is 0.573 e. The van der Waals surface area contributed by atoms with Gasteiger partial charge in [0.15, 0.2) is 0 Å². The lowest BCUT2D eigenvalue weighted by Crippen LogP contribution is -2.37. The number of anilines is 1. The highest BCUT2D eigenvalue weighted by molar-refractivity contribution is 6.00. The van der Waals surface area contributed by atoms with Gasteiger partial charge in [-0.15, -0.1) is 13.2 Å². The van der Waals surface area contributed by atoms with Crippen molar-refractivity contribution in [1.82, 2.24) is 9.99 Å². The number of hydrogen-bond donors (Lipinski definition) is 2. The number of aromatic nitrogens is 1. The molecule has 0 saturated heterocycles. The number of amides is 1. The van der Waals surface area contributed by atoms with Crippen molar-refractivity contribution in [2.24, 2.45) is 5.84 Å². The third kappa shape index (κ3) is 4.90. The molecule has 0 fully saturated rings. The van der Waals surface area contributed by atoms with Crippen LogP contribution in [0, 0.1) is 13.8 Å². The number of nitrogens with zero attached hydrogens (tertiary/aromatic N) is 2. The Morgan fingerprint density at radius 3 is 2.33 bits per heavy atom. The number of carbonyl (C=O) groups excluding carboxylic acids is 1. The van der Waals surface area contributed by atoms with Gasteiger partial charge in [0.25, 0.3) is 5.91 Å². The van der Waals surface area contributed by atoms with Gasteiger partial charge in [0, 0.05) is 5.69 Å². The van der Waals surface area contributed by atoms with Gasteiger partial charge < -0.3 is 14.9 Å². The molecular formula is C20H19F3N4O3. The Bertz CT molecular complexity index is 1040. The van der Waals surface area contributed by atoms with Crippen LogP contribution in [0.25, 0.3) is 11.1 Å². The van der Waals surface area contributed by atoms with Crippen molar-refractivity contribution in [3.05, 3.63) is 65.4 Å². The van der Waals surface area contributed by atoms with Gasteiger partial charge in [0.05, 0.1) is 11.3 Å². The van der Waals surface area contributed by atoms with Crippen LogP contribution in [-0.2, 0) is 6.54 Å². The lowest BCUT2D eigenvalue weighted by Gasteiger charge is -2.17. The van der Waals surface area contributed by atoms with Crippen LogP contribution in [0.1, 0.15) is 27.7 Å². The molecular weight excluding hydrogens is 401 g/mol. The van der Waals surface area contributed by atoms with Crippen LogP contribution in [0.5, 0.6) is 5.75 Å². The van der Waals surface area contributed by atoms with E-state index in [1.165, 1.54) is 36.4 Å². The third-order valence-corrected chi connectivity index (χ3v) is 4.34. The van der Waals surface area contributed by atoms with E-state index >= 15 is 0 Å². The molecule has 2 aromatic carbocycles. The summed E-state index contributed by atoms with van der Waals surface area (Å²) in [6.07, 6.45) is -4.77.